The maximum Gasteiger partial charge on any atom is 0.313 e. The molecule has 2 aliphatic rings. The van der Waals surface area contributed by atoms with Gasteiger partial charge in [-0.3, -0.25) is 4.79 Å². The van der Waals surface area contributed by atoms with Crippen molar-refractivity contribution < 1.29 is 51.8 Å². The summed E-state index contributed by atoms with van der Waals surface area (Å²) in [6.45, 7) is 0.876. The summed E-state index contributed by atoms with van der Waals surface area (Å²) >= 11 is 0. The normalized spacial score (nSPS) is 28.3. The molecule has 0 radical (unpaired) electrons. The average Bonchev–Trinajstić information content (AvgIpc) is 3.03. The van der Waals surface area contributed by atoms with E-state index in [1.54, 1.807) is 12.1 Å². The third-order valence-corrected chi connectivity index (χ3v) is 9.68. The largest absolute Gasteiger partial charge is 0.462 e. The van der Waals surface area contributed by atoms with Crippen LogP contribution in [0.15, 0.2) is 78.9 Å². The van der Waals surface area contributed by atoms with E-state index >= 15 is 0 Å². The van der Waals surface area contributed by atoms with E-state index in [0.29, 0.717) is 16.6 Å². The molecule has 12 nitrogen and oxygen atoms in total. The van der Waals surface area contributed by atoms with Crippen molar-refractivity contribution in [2.45, 2.75) is 68.3 Å². The highest BCUT2D eigenvalue weighted by atomic mass is 32.2. The standard InChI is InChI=1S/C33H40N2O10S/c1-35(18-6-5-9-27(35)32(40)34-24-7-3-2-4-8-24)19-22-10-16-26(17-11-22)45-46(41,42)21-23-12-14-25(15-13-23)43-33-31(39)30(38)29(37)28(20-36)44-33/h2-4,7-8,10-17,27-31,33,36-39H,5-6,9,18-21H2,1H3/p+1/t27-,28-,29+,30+,31-,33-,35?/m1/s1. The fourth-order valence-electron chi connectivity index (χ4n) is 6.04. The Morgan fingerprint density at radius 2 is 1.54 bits per heavy atom. The highest BCUT2D eigenvalue weighted by Gasteiger charge is 2.45. The van der Waals surface area contributed by atoms with Crippen LogP contribution in [0, 0.1) is 0 Å². The van der Waals surface area contributed by atoms with Gasteiger partial charge in [-0.1, -0.05) is 30.3 Å². The molecule has 0 saturated carbocycles. The number of likely N-dealkylation sites (N-methyl/N-ethyl adjacent to an activating group) is 1. The number of benzene rings is 3. The fraction of sp³-hybridized carbons (Fsp3) is 0.424. The third kappa shape index (κ3) is 8.23. The summed E-state index contributed by atoms with van der Waals surface area (Å²) in [6.07, 6.45) is -4.33. The Kier molecular flexibility index (Phi) is 10.6. The maximum absolute atomic E-state index is 13.2. The monoisotopic (exact) mass is 657 g/mol. The average molecular weight is 658 g/mol. The van der Waals surface area contributed by atoms with Crippen LogP contribution in [0.25, 0.3) is 0 Å². The van der Waals surface area contributed by atoms with Gasteiger partial charge in [0.2, 0.25) is 6.29 Å². The minimum Gasteiger partial charge on any atom is -0.462 e. The Bertz CT molecular complexity index is 1550. The van der Waals surface area contributed by atoms with Crippen molar-refractivity contribution in [2.24, 2.45) is 0 Å². The number of para-hydroxylation sites is 1. The number of ether oxygens (including phenoxy) is 2. The number of anilines is 1. The Hall–Kier alpha value is -3.56. The number of quaternary nitrogens is 1. The lowest BCUT2D eigenvalue weighted by Crippen LogP contribution is -2.60. The molecule has 1 unspecified atom stereocenters. The van der Waals surface area contributed by atoms with Gasteiger partial charge in [0.15, 0.2) is 6.04 Å². The molecule has 46 heavy (non-hydrogen) atoms. The Labute approximate surface area is 268 Å². The van der Waals surface area contributed by atoms with Gasteiger partial charge >= 0.3 is 10.1 Å². The number of piperidine rings is 1. The first-order chi connectivity index (χ1) is 22.0. The van der Waals surface area contributed by atoms with Crippen LogP contribution in [0.4, 0.5) is 5.69 Å². The van der Waals surface area contributed by atoms with Crippen molar-refractivity contribution in [1.29, 1.82) is 0 Å². The molecule has 0 aliphatic carbocycles. The third-order valence-electron chi connectivity index (χ3n) is 8.55. The summed E-state index contributed by atoms with van der Waals surface area (Å²) < 4.78 is 42.5. The van der Waals surface area contributed by atoms with Gasteiger partial charge in [0.25, 0.3) is 5.91 Å². The number of nitrogens with one attached hydrogen (secondary N) is 1. The predicted molar refractivity (Wildman–Crippen MR) is 168 cm³/mol. The Morgan fingerprint density at radius 3 is 2.22 bits per heavy atom. The van der Waals surface area contributed by atoms with E-state index in [1.165, 1.54) is 24.3 Å². The van der Waals surface area contributed by atoms with E-state index in [4.69, 9.17) is 13.7 Å². The minimum atomic E-state index is -4.01. The van der Waals surface area contributed by atoms with E-state index in [0.717, 1.165) is 37.1 Å². The smallest absolute Gasteiger partial charge is 0.313 e. The van der Waals surface area contributed by atoms with Crippen molar-refractivity contribution in [1.82, 2.24) is 0 Å². The van der Waals surface area contributed by atoms with Gasteiger partial charge in [-0.25, -0.2) is 0 Å². The van der Waals surface area contributed by atoms with E-state index in [9.17, 15) is 33.6 Å². The molecule has 2 heterocycles. The quantitative estimate of drug-likeness (QED) is 0.152. The molecule has 0 aromatic heterocycles. The molecule has 248 valence electrons. The van der Waals surface area contributed by atoms with Gasteiger partial charge in [0.1, 0.15) is 48.2 Å². The molecule has 5 N–H and O–H groups in total. The molecule has 0 bridgehead atoms. The van der Waals surface area contributed by atoms with Gasteiger partial charge in [0, 0.05) is 17.7 Å². The van der Waals surface area contributed by atoms with Crippen LogP contribution in [0.5, 0.6) is 11.5 Å². The Morgan fingerprint density at radius 1 is 0.891 bits per heavy atom. The first kappa shape index (κ1) is 33.8. The van der Waals surface area contributed by atoms with Crippen molar-refractivity contribution in [3.05, 3.63) is 90.0 Å². The first-order valence-electron chi connectivity index (χ1n) is 15.2. The zero-order valence-corrected chi connectivity index (χ0v) is 26.3. The molecule has 5 rings (SSSR count). The fourth-order valence-corrected chi connectivity index (χ4v) is 7.10. The van der Waals surface area contributed by atoms with E-state index in [1.807, 2.05) is 42.5 Å². The number of aliphatic hydroxyl groups is 4. The molecular formula is C33H41N2O10S+. The van der Waals surface area contributed by atoms with E-state index in [2.05, 4.69) is 12.4 Å². The van der Waals surface area contributed by atoms with Crippen LogP contribution < -0.4 is 14.2 Å². The van der Waals surface area contributed by atoms with Gasteiger partial charge in [-0.05, 0) is 66.9 Å². The van der Waals surface area contributed by atoms with Crippen LogP contribution in [-0.4, -0.2) is 96.2 Å². The summed E-state index contributed by atoms with van der Waals surface area (Å²) in [5.74, 6) is -0.0341. The molecule has 1 amide bonds. The maximum atomic E-state index is 13.2. The zero-order chi connectivity index (χ0) is 32.9. The van der Waals surface area contributed by atoms with Gasteiger partial charge in [-0.15, -0.1) is 0 Å². The molecule has 0 spiro atoms. The lowest BCUT2D eigenvalue weighted by atomic mass is 9.97. The number of hydrogen-bond donors (Lipinski definition) is 5. The second-order valence-electron chi connectivity index (χ2n) is 12.1. The predicted octanol–water partition coefficient (Wildman–Crippen LogP) is 1.91. The van der Waals surface area contributed by atoms with Crippen molar-refractivity contribution in [2.75, 3.05) is 25.5 Å². The van der Waals surface area contributed by atoms with Crippen LogP contribution in [0.2, 0.25) is 0 Å². The molecular weight excluding hydrogens is 616 g/mol. The van der Waals surface area contributed by atoms with Crippen LogP contribution >= 0.6 is 0 Å². The van der Waals surface area contributed by atoms with Gasteiger partial charge in [-0.2, -0.15) is 8.42 Å². The van der Waals surface area contributed by atoms with Gasteiger partial charge < -0.3 is 43.9 Å². The van der Waals surface area contributed by atoms with E-state index < -0.39 is 53.2 Å². The number of likely N-dealkylation sites (tertiary alicyclic amines) is 1. The van der Waals surface area contributed by atoms with E-state index in [-0.39, 0.29) is 23.4 Å². The number of carbonyl (C=O) groups excluding carboxylic acids is 1. The van der Waals surface area contributed by atoms with Crippen molar-refractivity contribution >= 4 is 21.7 Å². The number of nitrogens with zero attached hydrogens (tertiary/aromatic N) is 1. The van der Waals surface area contributed by atoms with Crippen LogP contribution in [0.1, 0.15) is 30.4 Å². The molecule has 2 saturated heterocycles. The minimum absolute atomic E-state index is 0.00655. The number of aliphatic hydroxyl groups excluding tert-OH is 4. The first-order valence-corrected chi connectivity index (χ1v) is 16.8. The molecule has 2 fully saturated rings. The second-order valence-corrected chi connectivity index (χ2v) is 13.7. The topological polar surface area (TPSA) is 172 Å². The number of amides is 1. The summed E-state index contributed by atoms with van der Waals surface area (Å²) in [5.41, 5.74) is 2.14. The summed E-state index contributed by atoms with van der Waals surface area (Å²) in [4.78, 5) is 13.2. The molecule has 7 atom stereocenters. The highest BCUT2D eigenvalue weighted by Crippen LogP contribution is 2.29. The molecule has 13 heteroatoms. The second kappa shape index (κ2) is 14.5. The van der Waals surface area contributed by atoms with Crippen molar-refractivity contribution in [3.63, 3.8) is 0 Å². The molecule has 2 aliphatic heterocycles. The Balaban J connectivity index is 1.16. The summed E-state index contributed by atoms with van der Waals surface area (Å²) in [5, 5.41) is 42.4. The molecule has 3 aromatic rings. The molecule has 3 aromatic carbocycles. The zero-order valence-electron chi connectivity index (χ0n) is 25.5. The van der Waals surface area contributed by atoms with Crippen molar-refractivity contribution in [3.8, 4) is 11.5 Å². The summed E-state index contributed by atoms with van der Waals surface area (Å²) in [7, 11) is -1.93. The van der Waals surface area contributed by atoms with Crippen LogP contribution in [0.3, 0.4) is 0 Å². The number of hydrogen-bond acceptors (Lipinski definition) is 10. The van der Waals surface area contributed by atoms with Crippen LogP contribution in [-0.2, 0) is 31.9 Å². The number of rotatable bonds is 11. The lowest BCUT2D eigenvalue weighted by Gasteiger charge is -2.43. The van der Waals surface area contributed by atoms with Gasteiger partial charge in [0.05, 0.1) is 20.2 Å². The lowest BCUT2D eigenvalue weighted by molar-refractivity contribution is -0.941. The number of carbonyl (C=O) groups is 1. The summed E-state index contributed by atoms with van der Waals surface area (Å²) in [6, 6.07) is 22.0. The highest BCUT2D eigenvalue weighted by molar-refractivity contribution is 7.86. The SMILES string of the molecule is C[N+]1(Cc2ccc(OS(=O)(=O)Cc3ccc(O[C@@H]4O[C@H](CO)[C@H](O)[C@H](O)[C@H]4O)cc3)cc2)CCCC[C@@H]1C(=O)Nc1ccccc1.